The van der Waals surface area contributed by atoms with Gasteiger partial charge in [-0.15, -0.1) is 0 Å². The van der Waals surface area contributed by atoms with Crippen LogP contribution in [0.2, 0.25) is 10.0 Å². The first-order valence-corrected chi connectivity index (χ1v) is 7.97. The predicted octanol–water partition coefficient (Wildman–Crippen LogP) is 4.82. The van der Waals surface area contributed by atoms with E-state index in [9.17, 15) is 9.59 Å². The maximum absolute atomic E-state index is 12.0. The lowest BCUT2D eigenvalue weighted by molar-refractivity contribution is -0.111. The van der Waals surface area contributed by atoms with Crippen LogP contribution in [0.4, 0.5) is 5.69 Å². The molecule has 1 N–H and O–H groups in total. The third-order valence-electron chi connectivity index (χ3n) is 3.05. The molecule has 0 aliphatic rings. The fourth-order valence-corrected chi connectivity index (χ4v) is 2.38. The van der Waals surface area contributed by atoms with Crippen LogP contribution in [0, 0.1) is 0 Å². The zero-order valence-corrected chi connectivity index (χ0v) is 14.4. The third-order valence-corrected chi connectivity index (χ3v) is 3.71. The largest absolute Gasteiger partial charge is 0.462 e. The van der Waals surface area contributed by atoms with Crippen molar-refractivity contribution in [3.63, 3.8) is 0 Å². The standard InChI is InChI=1S/C18H15Cl2NO3/c1-2-24-18(23)14-9-8-13(11-16(14)20)21-17(22)10-7-12-5-3-4-6-15(12)19/h3-11H,2H2,1H3,(H,21,22)/b10-7+. The van der Waals surface area contributed by atoms with Crippen LogP contribution in [-0.2, 0) is 9.53 Å². The summed E-state index contributed by atoms with van der Waals surface area (Å²) in [5, 5.41) is 3.43. The molecule has 2 aromatic carbocycles. The summed E-state index contributed by atoms with van der Waals surface area (Å²) in [6.45, 7) is 1.98. The number of hydrogen-bond acceptors (Lipinski definition) is 3. The molecule has 0 unspecified atom stereocenters. The molecule has 0 saturated heterocycles. The Labute approximate surface area is 150 Å². The highest BCUT2D eigenvalue weighted by atomic mass is 35.5. The van der Waals surface area contributed by atoms with Crippen molar-refractivity contribution in [2.45, 2.75) is 6.92 Å². The lowest BCUT2D eigenvalue weighted by Crippen LogP contribution is -2.09. The summed E-state index contributed by atoms with van der Waals surface area (Å²) in [4.78, 5) is 23.6. The van der Waals surface area contributed by atoms with Gasteiger partial charge in [0, 0.05) is 16.8 Å². The Morgan fingerprint density at radius 1 is 1.12 bits per heavy atom. The van der Waals surface area contributed by atoms with E-state index in [4.69, 9.17) is 27.9 Å². The molecule has 0 aromatic heterocycles. The summed E-state index contributed by atoms with van der Waals surface area (Å²) in [7, 11) is 0. The van der Waals surface area contributed by atoms with E-state index < -0.39 is 5.97 Å². The lowest BCUT2D eigenvalue weighted by Gasteiger charge is -2.07. The Bertz CT molecular complexity index is 788. The van der Waals surface area contributed by atoms with Crippen LogP contribution in [0.5, 0.6) is 0 Å². The maximum Gasteiger partial charge on any atom is 0.339 e. The Kier molecular flexibility index (Phi) is 6.41. The molecule has 0 aliphatic heterocycles. The van der Waals surface area contributed by atoms with E-state index in [1.165, 1.54) is 18.2 Å². The van der Waals surface area contributed by atoms with Gasteiger partial charge < -0.3 is 10.1 Å². The van der Waals surface area contributed by atoms with Gasteiger partial charge in [-0.25, -0.2) is 4.79 Å². The molecule has 6 heteroatoms. The number of carbonyl (C=O) groups is 2. The molecule has 2 aromatic rings. The molecule has 0 aliphatic carbocycles. The average Bonchev–Trinajstić information content (AvgIpc) is 2.54. The molecular formula is C18H15Cl2NO3. The van der Waals surface area contributed by atoms with E-state index in [0.29, 0.717) is 10.7 Å². The molecule has 0 saturated carbocycles. The zero-order chi connectivity index (χ0) is 17.5. The van der Waals surface area contributed by atoms with Gasteiger partial charge in [-0.1, -0.05) is 41.4 Å². The van der Waals surface area contributed by atoms with E-state index >= 15 is 0 Å². The third kappa shape index (κ3) is 4.85. The van der Waals surface area contributed by atoms with Gasteiger partial charge in [0.15, 0.2) is 0 Å². The number of rotatable bonds is 5. The lowest BCUT2D eigenvalue weighted by atomic mass is 10.2. The van der Waals surface area contributed by atoms with Crippen molar-refractivity contribution in [2.75, 3.05) is 11.9 Å². The van der Waals surface area contributed by atoms with Gasteiger partial charge >= 0.3 is 5.97 Å². The van der Waals surface area contributed by atoms with E-state index in [1.54, 1.807) is 31.2 Å². The Hall–Kier alpha value is -2.30. The van der Waals surface area contributed by atoms with Gasteiger partial charge in [0.2, 0.25) is 5.91 Å². The summed E-state index contributed by atoms with van der Waals surface area (Å²) >= 11 is 12.1. The Balaban J connectivity index is 2.05. The highest BCUT2D eigenvalue weighted by Gasteiger charge is 2.12. The maximum atomic E-state index is 12.0. The van der Waals surface area contributed by atoms with Crippen LogP contribution < -0.4 is 5.32 Å². The minimum Gasteiger partial charge on any atom is -0.462 e. The van der Waals surface area contributed by atoms with Crippen LogP contribution in [0.15, 0.2) is 48.5 Å². The summed E-state index contributed by atoms with van der Waals surface area (Å²) in [6.07, 6.45) is 2.99. The molecule has 2 rings (SSSR count). The van der Waals surface area contributed by atoms with E-state index in [1.807, 2.05) is 12.1 Å². The fourth-order valence-electron chi connectivity index (χ4n) is 1.93. The highest BCUT2D eigenvalue weighted by molar-refractivity contribution is 6.34. The van der Waals surface area contributed by atoms with Crippen LogP contribution >= 0.6 is 23.2 Å². The first-order chi connectivity index (χ1) is 11.5. The zero-order valence-electron chi connectivity index (χ0n) is 12.9. The van der Waals surface area contributed by atoms with Gasteiger partial charge in [-0.3, -0.25) is 4.79 Å². The van der Waals surface area contributed by atoms with Gasteiger partial charge in [-0.2, -0.15) is 0 Å². The molecule has 0 heterocycles. The summed E-state index contributed by atoms with van der Waals surface area (Å²) in [6, 6.07) is 11.8. The molecule has 0 bridgehead atoms. The van der Waals surface area contributed by atoms with E-state index in [2.05, 4.69) is 5.32 Å². The summed E-state index contributed by atoms with van der Waals surface area (Å²) in [5.41, 5.74) is 1.47. The second-order valence-corrected chi connectivity index (χ2v) is 5.57. The summed E-state index contributed by atoms with van der Waals surface area (Å²) in [5.74, 6) is -0.839. The van der Waals surface area contributed by atoms with E-state index in [0.717, 1.165) is 5.56 Å². The van der Waals surface area contributed by atoms with Crippen molar-refractivity contribution < 1.29 is 14.3 Å². The van der Waals surface area contributed by atoms with Crippen molar-refractivity contribution in [3.05, 3.63) is 69.7 Å². The predicted molar refractivity (Wildman–Crippen MR) is 96.5 cm³/mol. The number of benzene rings is 2. The number of nitrogens with one attached hydrogen (secondary N) is 1. The normalized spacial score (nSPS) is 10.6. The Morgan fingerprint density at radius 2 is 1.88 bits per heavy atom. The van der Waals surface area contributed by atoms with Crippen LogP contribution in [-0.4, -0.2) is 18.5 Å². The first-order valence-electron chi connectivity index (χ1n) is 7.21. The van der Waals surface area contributed by atoms with Crippen molar-refractivity contribution in [2.24, 2.45) is 0 Å². The molecule has 0 atom stereocenters. The quantitative estimate of drug-likeness (QED) is 0.611. The summed E-state index contributed by atoms with van der Waals surface area (Å²) < 4.78 is 4.89. The topological polar surface area (TPSA) is 55.4 Å². The van der Waals surface area contributed by atoms with Crippen molar-refractivity contribution in [1.82, 2.24) is 0 Å². The first kappa shape index (κ1) is 18.0. The van der Waals surface area contributed by atoms with Crippen LogP contribution in [0.25, 0.3) is 6.08 Å². The number of hydrogen-bond donors (Lipinski definition) is 1. The molecule has 0 spiro atoms. The molecule has 24 heavy (non-hydrogen) atoms. The van der Waals surface area contributed by atoms with Crippen molar-refractivity contribution in [3.8, 4) is 0 Å². The number of amides is 1. The van der Waals surface area contributed by atoms with E-state index in [-0.39, 0.29) is 23.1 Å². The average molecular weight is 364 g/mol. The molecule has 4 nitrogen and oxygen atoms in total. The number of anilines is 1. The van der Waals surface area contributed by atoms with Crippen molar-refractivity contribution in [1.29, 1.82) is 0 Å². The smallest absolute Gasteiger partial charge is 0.339 e. The van der Waals surface area contributed by atoms with Gasteiger partial charge in [0.05, 0.1) is 17.2 Å². The van der Waals surface area contributed by atoms with Crippen molar-refractivity contribution >= 4 is 46.8 Å². The second kappa shape index (κ2) is 8.52. The van der Waals surface area contributed by atoms with Crippen LogP contribution in [0.3, 0.4) is 0 Å². The number of ether oxygens (including phenoxy) is 1. The number of esters is 1. The molecule has 1 amide bonds. The molecule has 0 fully saturated rings. The molecule has 124 valence electrons. The number of halogens is 2. The van der Waals surface area contributed by atoms with Gasteiger partial charge in [-0.05, 0) is 42.8 Å². The Morgan fingerprint density at radius 3 is 2.54 bits per heavy atom. The SMILES string of the molecule is CCOC(=O)c1ccc(NC(=O)/C=C/c2ccccc2Cl)cc1Cl. The molecular weight excluding hydrogens is 349 g/mol. The minimum absolute atomic E-state index is 0.210. The minimum atomic E-state index is -0.501. The number of carbonyl (C=O) groups excluding carboxylic acids is 2. The molecule has 0 radical (unpaired) electrons. The van der Waals surface area contributed by atoms with Gasteiger partial charge in [0.1, 0.15) is 0 Å². The monoisotopic (exact) mass is 363 g/mol. The van der Waals surface area contributed by atoms with Crippen LogP contribution in [0.1, 0.15) is 22.8 Å². The fraction of sp³-hybridized carbons (Fsp3) is 0.111. The van der Waals surface area contributed by atoms with Gasteiger partial charge in [0.25, 0.3) is 0 Å². The second-order valence-electron chi connectivity index (χ2n) is 4.76. The highest BCUT2D eigenvalue weighted by Crippen LogP contribution is 2.22.